The van der Waals surface area contributed by atoms with Crippen LogP contribution in [0.1, 0.15) is 33.1 Å². The molecule has 0 saturated heterocycles. The third-order valence-electron chi connectivity index (χ3n) is 2.89. The highest BCUT2D eigenvalue weighted by Crippen LogP contribution is 2.35. The first kappa shape index (κ1) is 12.8. The van der Waals surface area contributed by atoms with Crippen molar-refractivity contribution in [1.29, 1.82) is 0 Å². The zero-order valence-electron chi connectivity index (χ0n) is 9.53. The van der Waals surface area contributed by atoms with Crippen LogP contribution >= 0.6 is 0 Å². The molecular weight excluding hydrogens is 210 g/mol. The van der Waals surface area contributed by atoms with Crippen LogP contribution in [0.15, 0.2) is 0 Å². The van der Waals surface area contributed by atoms with Crippen LogP contribution in [-0.4, -0.2) is 28.7 Å². The first-order chi connectivity index (χ1) is 7.23. The lowest BCUT2D eigenvalue weighted by Gasteiger charge is -2.32. The first-order valence-electron chi connectivity index (χ1n) is 5.27. The topological polar surface area (TPSA) is 97.5 Å². The molecule has 16 heavy (non-hydrogen) atoms. The van der Waals surface area contributed by atoms with Crippen LogP contribution in [-0.2, 0) is 14.4 Å². The molecule has 1 rings (SSSR count). The number of Topliss-reactive ketones (excluding diaryl/α,β-unsaturated/α-hetero) is 2. The summed E-state index contributed by atoms with van der Waals surface area (Å²) in [6.07, 6.45) is 0.550. The van der Waals surface area contributed by atoms with E-state index in [4.69, 9.17) is 10.8 Å². The molecular formula is C11H17NO4. The maximum absolute atomic E-state index is 11.7. The van der Waals surface area contributed by atoms with Gasteiger partial charge in [-0.1, -0.05) is 13.8 Å². The van der Waals surface area contributed by atoms with Crippen molar-refractivity contribution < 1.29 is 19.5 Å². The average molecular weight is 227 g/mol. The molecule has 0 amide bonds. The van der Waals surface area contributed by atoms with Crippen LogP contribution in [0, 0.1) is 11.3 Å². The summed E-state index contributed by atoms with van der Waals surface area (Å²) in [6.45, 7) is 3.71. The summed E-state index contributed by atoms with van der Waals surface area (Å²) in [5.74, 6) is -2.36. The van der Waals surface area contributed by atoms with E-state index < -0.39 is 17.9 Å². The third-order valence-corrected chi connectivity index (χ3v) is 2.89. The van der Waals surface area contributed by atoms with Crippen LogP contribution in [0.4, 0.5) is 0 Å². The number of rotatable bonds is 3. The number of aliphatic carboxylic acids is 1. The van der Waals surface area contributed by atoms with E-state index in [1.54, 1.807) is 0 Å². The fourth-order valence-electron chi connectivity index (χ4n) is 2.05. The normalized spacial score (nSPS) is 23.2. The van der Waals surface area contributed by atoms with Crippen molar-refractivity contribution in [2.24, 2.45) is 17.1 Å². The maximum Gasteiger partial charge on any atom is 0.320 e. The number of ketones is 2. The Balaban J connectivity index is 2.72. The van der Waals surface area contributed by atoms with E-state index in [0.717, 1.165) is 0 Å². The van der Waals surface area contributed by atoms with Gasteiger partial charge >= 0.3 is 5.97 Å². The van der Waals surface area contributed by atoms with Gasteiger partial charge in [0, 0.05) is 12.8 Å². The number of carboxylic acids is 1. The van der Waals surface area contributed by atoms with Gasteiger partial charge in [0.1, 0.15) is 17.6 Å². The number of carbonyl (C=O) groups is 3. The van der Waals surface area contributed by atoms with E-state index in [1.165, 1.54) is 0 Å². The van der Waals surface area contributed by atoms with Gasteiger partial charge in [-0.05, 0) is 11.8 Å². The Hall–Kier alpha value is -1.23. The van der Waals surface area contributed by atoms with Crippen LogP contribution < -0.4 is 5.73 Å². The summed E-state index contributed by atoms with van der Waals surface area (Å²) >= 11 is 0. The molecule has 0 bridgehead atoms. The zero-order valence-corrected chi connectivity index (χ0v) is 9.53. The number of hydrogen-bond donors (Lipinski definition) is 2. The van der Waals surface area contributed by atoms with E-state index in [1.807, 2.05) is 13.8 Å². The Morgan fingerprint density at radius 3 is 2.25 bits per heavy atom. The Morgan fingerprint density at radius 1 is 1.44 bits per heavy atom. The minimum atomic E-state index is -1.18. The lowest BCUT2D eigenvalue weighted by atomic mass is 9.70. The number of carbonyl (C=O) groups excluding carboxylic acids is 2. The molecule has 0 aliphatic heterocycles. The smallest absolute Gasteiger partial charge is 0.320 e. The molecule has 1 aliphatic rings. The minimum absolute atomic E-state index is 0.0803. The van der Waals surface area contributed by atoms with E-state index in [-0.39, 0.29) is 23.4 Å². The quantitative estimate of drug-likeness (QED) is 0.678. The Labute approximate surface area is 94.0 Å². The van der Waals surface area contributed by atoms with Gasteiger partial charge in [0.05, 0.1) is 5.92 Å². The van der Waals surface area contributed by atoms with Gasteiger partial charge in [0.2, 0.25) is 0 Å². The molecule has 90 valence electrons. The molecule has 0 radical (unpaired) electrons. The molecule has 0 aromatic heterocycles. The highest BCUT2D eigenvalue weighted by Gasteiger charge is 2.40. The summed E-state index contributed by atoms with van der Waals surface area (Å²) < 4.78 is 0. The second kappa shape index (κ2) is 4.33. The summed E-state index contributed by atoms with van der Waals surface area (Å²) in [5.41, 5.74) is 5.03. The zero-order chi connectivity index (χ0) is 12.5. The number of hydrogen-bond acceptors (Lipinski definition) is 4. The van der Waals surface area contributed by atoms with Gasteiger partial charge in [-0.15, -0.1) is 0 Å². The molecule has 1 fully saturated rings. The largest absolute Gasteiger partial charge is 0.480 e. The van der Waals surface area contributed by atoms with Gasteiger partial charge in [-0.3, -0.25) is 14.4 Å². The molecule has 5 heteroatoms. The number of nitrogens with two attached hydrogens (primary N) is 1. The Kier molecular flexibility index (Phi) is 3.48. The summed E-state index contributed by atoms with van der Waals surface area (Å²) in [5, 5.41) is 8.64. The standard InChI is InChI=1S/C11H17NO4/c1-11(2)4-8(13)6(9(14)5-11)3-7(12)10(15)16/h6-7H,3-5,12H2,1-2H3,(H,15,16). The molecule has 0 heterocycles. The molecule has 5 nitrogen and oxygen atoms in total. The van der Waals surface area contributed by atoms with Crippen molar-refractivity contribution in [2.75, 3.05) is 0 Å². The summed E-state index contributed by atoms with van der Waals surface area (Å²) in [4.78, 5) is 34.0. The van der Waals surface area contributed by atoms with Gasteiger partial charge in [0.15, 0.2) is 0 Å². The molecule has 1 atom stereocenters. The maximum atomic E-state index is 11.7. The predicted octanol–water partition coefficient (Wildman–Crippen LogP) is 0.363. The number of carboxylic acid groups (broad SMARTS) is 1. The predicted molar refractivity (Wildman–Crippen MR) is 56.7 cm³/mol. The fraction of sp³-hybridized carbons (Fsp3) is 0.727. The van der Waals surface area contributed by atoms with E-state index in [9.17, 15) is 14.4 Å². The summed E-state index contributed by atoms with van der Waals surface area (Å²) in [6, 6.07) is -1.14. The molecule has 0 spiro atoms. The van der Waals surface area contributed by atoms with Crippen LogP contribution in [0.3, 0.4) is 0 Å². The van der Waals surface area contributed by atoms with Gasteiger partial charge in [-0.2, -0.15) is 0 Å². The Bertz CT molecular complexity index is 315. The van der Waals surface area contributed by atoms with E-state index in [2.05, 4.69) is 0 Å². The second-order valence-electron chi connectivity index (χ2n) is 5.18. The molecule has 1 saturated carbocycles. The van der Waals surface area contributed by atoms with Gasteiger partial charge in [0.25, 0.3) is 0 Å². The van der Waals surface area contributed by atoms with Crippen LogP contribution in [0.2, 0.25) is 0 Å². The Morgan fingerprint density at radius 2 is 1.88 bits per heavy atom. The highest BCUT2D eigenvalue weighted by atomic mass is 16.4. The fourth-order valence-corrected chi connectivity index (χ4v) is 2.05. The minimum Gasteiger partial charge on any atom is -0.480 e. The van der Waals surface area contributed by atoms with Crippen molar-refractivity contribution >= 4 is 17.5 Å². The van der Waals surface area contributed by atoms with Crippen molar-refractivity contribution in [3.8, 4) is 0 Å². The highest BCUT2D eigenvalue weighted by molar-refractivity contribution is 6.05. The second-order valence-corrected chi connectivity index (χ2v) is 5.18. The van der Waals surface area contributed by atoms with Crippen molar-refractivity contribution in [3.63, 3.8) is 0 Å². The molecule has 0 aromatic rings. The monoisotopic (exact) mass is 227 g/mol. The van der Waals surface area contributed by atoms with E-state index >= 15 is 0 Å². The lowest BCUT2D eigenvalue weighted by Crippen LogP contribution is -2.42. The first-order valence-corrected chi connectivity index (χ1v) is 5.27. The van der Waals surface area contributed by atoms with Crippen molar-refractivity contribution in [2.45, 2.75) is 39.2 Å². The summed E-state index contributed by atoms with van der Waals surface area (Å²) in [7, 11) is 0. The molecule has 1 aliphatic carbocycles. The molecule has 0 aromatic carbocycles. The van der Waals surface area contributed by atoms with E-state index in [0.29, 0.717) is 12.8 Å². The third kappa shape index (κ3) is 2.88. The SMILES string of the molecule is CC1(C)CC(=O)C(CC(N)C(=O)O)C(=O)C1. The lowest BCUT2D eigenvalue weighted by molar-refractivity contribution is -0.142. The van der Waals surface area contributed by atoms with Crippen LogP contribution in [0.25, 0.3) is 0 Å². The van der Waals surface area contributed by atoms with Gasteiger partial charge < -0.3 is 10.8 Å². The van der Waals surface area contributed by atoms with Crippen molar-refractivity contribution in [3.05, 3.63) is 0 Å². The van der Waals surface area contributed by atoms with Crippen molar-refractivity contribution in [1.82, 2.24) is 0 Å². The van der Waals surface area contributed by atoms with Crippen LogP contribution in [0.5, 0.6) is 0 Å². The molecule has 1 unspecified atom stereocenters. The molecule has 3 N–H and O–H groups in total. The van der Waals surface area contributed by atoms with Gasteiger partial charge in [-0.25, -0.2) is 0 Å². The average Bonchev–Trinajstić information content (AvgIpc) is 2.09.